The topological polar surface area (TPSA) is 21.7 Å². The van der Waals surface area contributed by atoms with E-state index in [0.717, 1.165) is 37.5 Å². The minimum absolute atomic E-state index is 0.775. The van der Waals surface area contributed by atoms with Crippen molar-refractivity contribution in [3.63, 3.8) is 0 Å². The number of aryl methyl sites for hydroxylation is 1. The van der Waals surface area contributed by atoms with Crippen molar-refractivity contribution in [2.75, 3.05) is 27.8 Å². The highest BCUT2D eigenvalue weighted by molar-refractivity contribution is 5.49. The maximum atomic E-state index is 6.15. The molecule has 0 bridgehead atoms. The third-order valence-corrected chi connectivity index (χ3v) is 4.55. The van der Waals surface area contributed by atoms with Gasteiger partial charge in [0.1, 0.15) is 0 Å². The van der Waals surface area contributed by atoms with Gasteiger partial charge in [-0.2, -0.15) is 0 Å². The minimum Gasteiger partial charge on any atom is -0.493 e. The van der Waals surface area contributed by atoms with E-state index < -0.39 is 0 Å². The van der Waals surface area contributed by atoms with Crippen LogP contribution in [0.3, 0.4) is 0 Å². The minimum atomic E-state index is 0.775. The molecule has 0 amide bonds. The molecular formula is C22H39NO2. The largest absolute Gasteiger partial charge is 0.493 e. The lowest BCUT2D eigenvalue weighted by molar-refractivity contribution is 0.276. The van der Waals surface area contributed by atoms with Crippen LogP contribution in [-0.4, -0.2) is 32.7 Å². The molecule has 0 heterocycles. The lowest BCUT2D eigenvalue weighted by atomic mass is 10.1. The van der Waals surface area contributed by atoms with E-state index in [-0.39, 0.29) is 0 Å². The number of nitrogens with zero attached hydrogens (tertiary/aromatic N) is 1. The molecule has 0 saturated heterocycles. The van der Waals surface area contributed by atoms with E-state index in [1.807, 2.05) is 0 Å². The molecule has 3 heteroatoms. The van der Waals surface area contributed by atoms with Gasteiger partial charge in [0.2, 0.25) is 0 Å². The van der Waals surface area contributed by atoms with Crippen molar-refractivity contribution in [3.8, 4) is 11.5 Å². The summed E-state index contributed by atoms with van der Waals surface area (Å²) in [5.74, 6) is 1.80. The molecule has 3 nitrogen and oxygen atoms in total. The Labute approximate surface area is 155 Å². The predicted octanol–water partition coefficient (Wildman–Crippen LogP) is 5.84. The molecule has 0 N–H and O–H groups in total. The second-order valence-electron chi connectivity index (χ2n) is 7.20. The summed E-state index contributed by atoms with van der Waals surface area (Å²) >= 11 is 0. The van der Waals surface area contributed by atoms with Gasteiger partial charge in [-0.3, -0.25) is 0 Å². The molecular weight excluding hydrogens is 310 g/mol. The standard InChI is InChI=1S/C22H39NO2/c1-6-8-9-10-11-12-13-14-15-25-22-20(18-23(3)4)16-19(7-2)17-21(22)24-5/h16-17H,6-15,18H2,1-5H3. The molecule has 25 heavy (non-hydrogen) atoms. The van der Waals surface area contributed by atoms with E-state index in [0.29, 0.717) is 0 Å². The molecule has 0 aromatic heterocycles. The van der Waals surface area contributed by atoms with Gasteiger partial charge >= 0.3 is 0 Å². The molecule has 0 aliphatic heterocycles. The van der Waals surface area contributed by atoms with Gasteiger partial charge in [-0.25, -0.2) is 0 Å². The van der Waals surface area contributed by atoms with Gasteiger partial charge in [0.25, 0.3) is 0 Å². The highest BCUT2D eigenvalue weighted by atomic mass is 16.5. The molecule has 0 atom stereocenters. The molecule has 1 aromatic rings. The summed E-state index contributed by atoms with van der Waals surface area (Å²) in [4.78, 5) is 2.18. The maximum absolute atomic E-state index is 6.15. The van der Waals surface area contributed by atoms with E-state index >= 15 is 0 Å². The fourth-order valence-electron chi connectivity index (χ4n) is 3.11. The van der Waals surface area contributed by atoms with Crippen LogP contribution in [0.15, 0.2) is 12.1 Å². The van der Waals surface area contributed by atoms with Crippen LogP contribution in [0.4, 0.5) is 0 Å². The number of hydrogen-bond acceptors (Lipinski definition) is 3. The van der Waals surface area contributed by atoms with Gasteiger partial charge in [-0.05, 0) is 38.6 Å². The van der Waals surface area contributed by atoms with Crippen molar-refractivity contribution in [1.29, 1.82) is 0 Å². The third kappa shape index (κ3) is 8.62. The Kier molecular flexibility index (Phi) is 11.4. The molecule has 0 aliphatic carbocycles. The van der Waals surface area contributed by atoms with Crippen LogP contribution in [0.5, 0.6) is 11.5 Å². The van der Waals surface area contributed by atoms with Gasteiger partial charge in [0.15, 0.2) is 11.5 Å². The Bertz CT molecular complexity index is 471. The average Bonchev–Trinajstić information content (AvgIpc) is 2.60. The summed E-state index contributed by atoms with van der Waals surface area (Å²) in [6.07, 6.45) is 11.5. The number of rotatable bonds is 14. The Balaban J connectivity index is 2.50. The smallest absolute Gasteiger partial charge is 0.165 e. The molecule has 0 spiro atoms. The van der Waals surface area contributed by atoms with Crippen LogP contribution in [0.2, 0.25) is 0 Å². The molecule has 0 saturated carbocycles. The zero-order valence-corrected chi connectivity index (χ0v) is 17.2. The van der Waals surface area contributed by atoms with Crippen molar-refractivity contribution in [3.05, 3.63) is 23.3 Å². The summed E-state index contributed by atoms with van der Waals surface area (Å²) in [5.41, 5.74) is 2.52. The van der Waals surface area contributed by atoms with Crippen LogP contribution in [-0.2, 0) is 13.0 Å². The lowest BCUT2D eigenvalue weighted by Gasteiger charge is -2.19. The summed E-state index contributed by atoms with van der Waals surface area (Å²) in [5, 5.41) is 0. The first-order valence-corrected chi connectivity index (χ1v) is 10.1. The predicted molar refractivity (Wildman–Crippen MR) is 108 cm³/mol. The normalized spacial score (nSPS) is 11.1. The van der Waals surface area contributed by atoms with Crippen molar-refractivity contribution < 1.29 is 9.47 Å². The first-order chi connectivity index (χ1) is 12.1. The monoisotopic (exact) mass is 349 g/mol. The zero-order valence-electron chi connectivity index (χ0n) is 17.2. The first kappa shape index (κ1) is 21.8. The fourth-order valence-corrected chi connectivity index (χ4v) is 3.11. The van der Waals surface area contributed by atoms with Crippen LogP contribution in [0.1, 0.15) is 76.3 Å². The molecule has 1 aromatic carbocycles. The van der Waals surface area contributed by atoms with Gasteiger partial charge in [-0.15, -0.1) is 0 Å². The Morgan fingerprint density at radius 1 is 0.880 bits per heavy atom. The number of hydrogen-bond donors (Lipinski definition) is 0. The van der Waals surface area contributed by atoms with Crippen LogP contribution >= 0.6 is 0 Å². The maximum Gasteiger partial charge on any atom is 0.165 e. The van der Waals surface area contributed by atoms with Crippen LogP contribution in [0.25, 0.3) is 0 Å². The zero-order chi connectivity index (χ0) is 18.5. The fraction of sp³-hybridized carbons (Fsp3) is 0.727. The van der Waals surface area contributed by atoms with Crippen LogP contribution < -0.4 is 9.47 Å². The summed E-state index contributed by atoms with van der Waals surface area (Å²) < 4.78 is 11.8. The van der Waals surface area contributed by atoms with Crippen molar-refractivity contribution in [2.45, 2.75) is 78.2 Å². The van der Waals surface area contributed by atoms with E-state index in [9.17, 15) is 0 Å². The average molecular weight is 350 g/mol. The number of unbranched alkanes of at least 4 members (excludes halogenated alkanes) is 7. The Hall–Kier alpha value is -1.22. The van der Waals surface area contributed by atoms with E-state index in [4.69, 9.17) is 9.47 Å². The van der Waals surface area contributed by atoms with E-state index in [2.05, 4.69) is 45.0 Å². The Morgan fingerprint density at radius 3 is 2.08 bits per heavy atom. The SMILES string of the molecule is CCCCCCCCCCOc1c(CN(C)C)cc(CC)cc1OC. The number of benzene rings is 1. The van der Waals surface area contributed by atoms with Gasteiger partial charge < -0.3 is 14.4 Å². The highest BCUT2D eigenvalue weighted by Crippen LogP contribution is 2.34. The number of methoxy groups -OCH3 is 1. The van der Waals surface area contributed by atoms with Crippen molar-refractivity contribution >= 4 is 0 Å². The van der Waals surface area contributed by atoms with Crippen molar-refractivity contribution in [2.24, 2.45) is 0 Å². The van der Waals surface area contributed by atoms with E-state index in [1.165, 1.54) is 56.1 Å². The van der Waals surface area contributed by atoms with E-state index in [1.54, 1.807) is 7.11 Å². The highest BCUT2D eigenvalue weighted by Gasteiger charge is 2.13. The third-order valence-electron chi connectivity index (χ3n) is 4.55. The molecule has 0 fully saturated rings. The molecule has 0 unspecified atom stereocenters. The summed E-state index contributed by atoms with van der Waals surface area (Å²) in [6.45, 7) is 6.09. The molecule has 0 aliphatic rings. The van der Waals surface area contributed by atoms with Gasteiger partial charge in [0, 0.05) is 12.1 Å². The molecule has 0 radical (unpaired) electrons. The second kappa shape index (κ2) is 13.0. The van der Waals surface area contributed by atoms with Crippen molar-refractivity contribution in [1.82, 2.24) is 4.90 Å². The summed E-state index contributed by atoms with van der Waals surface area (Å²) in [6, 6.07) is 4.37. The quantitative estimate of drug-likeness (QED) is 0.394. The lowest BCUT2D eigenvalue weighted by Crippen LogP contribution is -2.13. The summed E-state index contributed by atoms with van der Waals surface area (Å²) in [7, 11) is 5.91. The first-order valence-electron chi connectivity index (χ1n) is 10.1. The van der Waals surface area contributed by atoms with Gasteiger partial charge in [0.05, 0.1) is 13.7 Å². The molecule has 144 valence electrons. The molecule has 1 rings (SSSR count). The van der Waals surface area contributed by atoms with Gasteiger partial charge in [-0.1, -0.05) is 64.9 Å². The van der Waals surface area contributed by atoms with Crippen LogP contribution in [0, 0.1) is 0 Å². The Morgan fingerprint density at radius 2 is 1.52 bits per heavy atom. The number of ether oxygens (including phenoxy) is 2. The second-order valence-corrected chi connectivity index (χ2v) is 7.20.